The zero-order valence-corrected chi connectivity index (χ0v) is 12.1. The molecule has 0 aliphatic heterocycles. The second kappa shape index (κ2) is 5.84. The Bertz CT molecular complexity index is 788. The molecule has 0 saturated carbocycles. The van der Waals surface area contributed by atoms with Crippen LogP contribution in [0.3, 0.4) is 0 Å². The molecule has 0 amide bonds. The minimum atomic E-state index is -3.94. The van der Waals surface area contributed by atoms with E-state index in [1.807, 2.05) is 0 Å². The van der Waals surface area contributed by atoms with Gasteiger partial charge in [-0.2, -0.15) is 0 Å². The first-order valence-corrected chi connectivity index (χ1v) is 7.97. The van der Waals surface area contributed by atoms with Crippen molar-refractivity contribution in [2.24, 2.45) is 5.14 Å². The SMILES string of the molecule is NS(=O)(=O)c1ccc(Sc2ccc(C(=O)O)cc2)c(F)c1. The summed E-state index contributed by atoms with van der Waals surface area (Å²) in [4.78, 5) is 11.3. The number of carboxylic acids is 1. The van der Waals surface area contributed by atoms with E-state index in [0.29, 0.717) is 4.90 Å². The van der Waals surface area contributed by atoms with Gasteiger partial charge in [-0.25, -0.2) is 22.7 Å². The van der Waals surface area contributed by atoms with Crippen LogP contribution in [0.1, 0.15) is 10.4 Å². The molecular weight excluding hydrogens is 317 g/mol. The maximum atomic E-state index is 13.8. The van der Waals surface area contributed by atoms with Crippen LogP contribution in [-0.4, -0.2) is 19.5 Å². The molecular formula is C13H10FNO4S2. The fraction of sp³-hybridized carbons (Fsp3) is 0. The predicted octanol–water partition coefficient (Wildman–Crippen LogP) is 2.32. The molecule has 21 heavy (non-hydrogen) atoms. The van der Waals surface area contributed by atoms with Crippen LogP contribution in [-0.2, 0) is 10.0 Å². The van der Waals surface area contributed by atoms with Crippen molar-refractivity contribution in [2.45, 2.75) is 14.7 Å². The lowest BCUT2D eigenvalue weighted by atomic mass is 10.2. The normalized spacial score (nSPS) is 11.3. The van der Waals surface area contributed by atoms with Crippen LogP contribution in [0, 0.1) is 5.82 Å². The Morgan fingerprint density at radius 1 is 1.14 bits per heavy atom. The third-order valence-electron chi connectivity index (χ3n) is 2.56. The Morgan fingerprint density at radius 3 is 2.24 bits per heavy atom. The lowest BCUT2D eigenvalue weighted by molar-refractivity contribution is 0.0697. The summed E-state index contributed by atoms with van der Waals surface area (Å²) in [6, 6.07) is 9.27. The molecule has 0 aliphatic rings. The number of sulfonamides is 1. The number of aromatic carboxylic acids is 1. The van der Waals surface area contributed by atoms with E-state index in [1.54, 1.807) is 12.1 Å². The van der Waals surface area contributed by atoms with Gasteiger partial charge in [-0.3, -0.25) is 0 Å². The monoisotopic (exact) mass is 327 g/mol. The fourth-order valence-corrected chi connectivity index (χ4v) is 2.88. The van der Waals surface area contributed by atoms with Crippen LogP contribution in [0.4, 0.5) is 4.39 Å². The molecule has 0 spiro atoms. The second-order valence-corrected chi connectivity index (χ2v) is 6.75. The largest absolute Gasteiger partial charge is 0.478 e. The molecule has 0 atom stereocenters. The molecule has 0 heterocycles. The Morgan fingerprint density at radius 2 is 1.76 bits per heavy atom. The third kappa shape index (κ3) is 3.81. The Hall–Kier alpha value is -1.90. The molecule has 110 valence electrons. The van der Waals surface area contributed by atoms with Crippen LogP contribution < -0.4 is 5.14 Å². The molecule has 0 unspecified atom stereocenters. The number of hydrogen-bond acceptors (Lipinski definition) is 4. The Labute approximate surface area is 124 Å². The summed E-state index contributed by atoms with van der Waals surface area (Å²) < 4.78 is 36.0. The van der Waals surface area contributed by atoms with Gasteiger partial charge in [-0.1, -0.05) is 11.8 Å². The first-order chi connectivity index (χ1) is 9.77. The van der Waals surface area contributed by atoms with Crippen molar-refractivity contribution in [1.29, 1.82) is 0 Å². The van der Waals surface area contributed by atoms with Crippen molar-refractivity contribution in [2.75, 3.05) is 0 Å². The van der Waals surface area contributed by atoms with E-state index < -0.39 is 21.8 Å². The Kier molecular flexibility index (Phi) is 4.31. The van der Waals surface area contributed by atoms with Crippen LogP contribution in [0.5, 0.6) is 0 Å². The maximum absolute atomic E-state index is 13.8. The van der Waals surface area contributed by atoms with Gasteiger partial charge >= 0.3 is 5.97 Å². The van der Waals surface area contributed by atoms with Crippen molar-refractivity contribution < 1.29 is 22.7 Å². The third-order valence-corrected chi connectivity index (χ3v) is 4.53. The average Bonchev–Trinajstić information content (AvgIpc) is 2.40. The number of rotatable bonds is 4. The molecule has 0 aromatic heterocycles. The van der Waals surface area contributed by atoms with E-state index in [0.717, 1.165) is 17.8 Å². The summed E-state index contributed by atoms with van der Waals surface area (Å²) in [7, 11) is -3.94. The van der Waals surface area contributed by atoms with Crippen molar-refractivity contribution in [3.63, 3.8) is 0 Å². The molecule has 0 radical (unpaired) electrons. The lowest BCUT2D eigenvalue weighted by Crippen LogP contribution is -2.12. The highest BCUT2D eigenvalue weighted by Crippen LogP contribution is 2.31. The maximum Gasteiger partial charge on any atom is 0.335 e. The number of carbonyl (C=O) groups is 1. The van der Waals surface area contributed by atoms with Gasteiger partial charge < -0.3 is 5.11 Å². The minimum absolute atomic E-state index is 0.129. The van der Waals surface area contributed by atoms with Crippen LogP contribution >= 0.6 is 11.8 Å². The van der Waals surface area contributed by atoms with Crippen molar-refractivity contribution in [3.05, 3.63) is 53.8 Å². The number of primary sulfonamides is 1. The standard InChI is InChI=1S/C13H10FNO4S2/c14-11-7-10(21(15,18)19)5-6-12(11)20-9-3-1-8(2-4-9)13(16)17/h1-7H,(H,16,17)(H2,15,18,19). The summed E-state index contributed by atoms with van der Waals surface area (Å²) in [6.07, 6.45) is 0. The number of halogens is 1. The first kappa shape index (κ1) is 15.5. The summed E-state index contributed by atoms with van der Waals surface area (Å²) in [5, 5.41) is 13.7. The molecule has 2 aromatic rings. The van der Waals surface area contributed by atoms with Gasteiger partial charge in [-0.15, -0.1) is 0 Å². The topological polar surface area (TPSA) is 97.5 Å². The number of nitrogens with two attached hydrogens (primary N) is 1. The van der Waals surface area contributed by atoms with Crippen molar-refractivity contribution >= 4 is 27.8 Å². The van der Waals surface area contributed by atoms with E-state index in [9.17, 15) is 17.6 Å². The van der Waals surface area contributed by atoms with Gasteiger partial charge in [-0.05, 0) is 42.5 Å². The molecule has 0 aliphatic carbocycles. The van der Waals surface area contributed by atoms with Gasteiger partial charge in [0, 0.05) is 9.79 Å². The summed E-state index contributed by atoms with van der Waals surface area (Å²) in [6.45, 7) is 0. The van der Waals surface area contributed by atoms with Crippen LogP contribution in [0.2, 0.25) is 0 Å². The highest BCUT2D eigenvalue weighted by molar-refractivity contribution is 7.99. The molecule has 0 saturated heterocycles. The van der Waals surface area contributed by atoms with Gasteiger partial charge in [0.2, 0.25) is 10.0 Å². The summed E-state index contributed by atoms with van der Waals surface area (Å²) >= 11 is 1.05. The van der Waals surface area contributed by atoms with E-state index in [-0.39, 0.29) is 15.4 Å². The lowest BCUT2D eigenvalue weighted by Gasteiger charge is -2.05. The summed E-state index contributed by atoms with van der Waals surface area (Å²) in [5.74, 6) is -1.76. The zero-order chi connectivity index (χ0) is 15.6. The summed E-state index contributed by atoms with van der Waals surface area (Å²) in [5.41, 5.74) is 0.129. The predicted molar refractivity (Wildman–Crippen MR) is 75.3 cm³/mol. The number of carboxylic acid groups (broad SMARTS) is 1. The molecule has 0 bridgehead atoms. The molecule has 2 aromatic carbocycles. The average molecular weight is 327 g/mol. The first-order valence-electron chi connectivity index (χ1n) is 5.61. The fourth-order valence-electron chi connectivity index (χ4n) is 1.53. The zero-order valence-electron chi connectivity index (χ0n) is 10.5. The van der Waals surface area contributed by atoms with Crippen molar-refractivity contribution in [3.8, 4) is 0 Å². The molecule has 2 rings (SSSR count). The van der Waals surface area contributed by atoms with E-state index in [1.165, 1.54) is 24.3 Å². The second-order valence-electron chi connectivity index (χ2n) is 4.07. The molecule has 0 fully saturated rings. The van der Waals surface area contributed by atoms with E-state index in [2.05, 4.69) is 0 Å². The smallest absolute Gasteiger partial charge is 0.335 e. The minimum Gasteiger partial charge on any atom is -0.478 e. The molecule has 3 N–H and O–H groups in total. The van der Waals surface area contributed by atoms with Crippen molar-refractivity contribution in [1.82, 2.24) is 0 Å². The van der Waals surface area contributed by atoms with E-state index in [4.69, 9.17) is 10.2 Å². The highest BCUT2D eigenvalue weighted by atomic mass is 32.2. The van der Waals surface area contributed by atoms with Crippen LogP contribution in [0.15, 0.2) is 57.2 Å². The van der Waals surface area contributed by atoms with Gasteiger partial charge in [0.15, 0.2) is 0 Å². The molecule has 8 heteroatoms. The van der Waals surface area contributed by atoms with Gasteiger partial charge in [0.1, 0.15) is 5.82 Å². The molecule has 5 nitrogen and oxygen atoms in total. The quantitative estimate of drug-likeness (QED) is 0.898. The Balaban J connectivity index is 2.26. The number of benzene rings is 2. The number of hydrogen-bond donors (Lipinski definition) is 2. The van der Waals surface area contributed by atoms with Gasteiger partial charge in [0.25, 0.3) is 0 Å². The van der Waals surface area contributed by atoms with E-state index >= 15 is 0 Å². The van der Waals surface area contributed by atoms with Gasteiger partial charge in [0.05, 0.1) is 10.5 Å². The van der Waals surface area contributed by atoms with Crippen LogP contribution in [0.25, 0.3) is 0 Å². The highest BCUT2D eigenvalue weighted by Gasteiger charge is 2.12.